The van der Waals surface area contributed by atoms with Crippen LogP contribution in [0.2, 0.25) is 0 Å². The molecule has 0 unspecified atom stereocenters. The van der Waals surface area contributed by atoms with Gasteiger partial charge in [0, 0.05) is 11.3 Å². The highest BCUT2D eigenvalue weighted by Crippen LogP contribution is 2.52. The molecule has 1 atom stereocenters. The fraction of sp³-hybridized carbons (Fsp3) is 0.211. The van der Waals surface area contributed by atoms with Crippen molar-refractivity contribution in [2.75, 3.05) is 19.0 Å². The van der Waals surface area contributed by atoms with Gasteiger partial charge in [0.05, 0.1) is 7.11 Å². The number of fused-ring (bicyclic) bond motifs is 2. The van der Waals surface area contributed by atoms with Crippen molar-refractivity contribution in [1.29, 1.82) is 0 Å². The largest absolute Gasteiger partial charge is 0.466 e. The average molecular weight is 370 g/mol. The maximum atomic E-state index is 13.2. The summed E-state index contributed by atoms with van der Waals surface area (Å²) in [5, 5.41) is 2.69. The van der Waals surface area contributed by atoms with Gasteiger partial charge in [-0.1, -0.05) is 30.9 Å². The lowest BCUT2D eigenvalue weighted by Gasteiger charge is -2.35. The van der Waals surface area contributed by atoms with Crippen LogP contribution in [0.1, 0.15) is 12.5 Å². The van der Waals surface area contributed by atoms with E-state index in [-0.39, 0.29) is 29.4 Å². The molecule has 0 fully saturated rings. The summed E-state index contributed by atoms with van der Waals surface area (Å²) in [4.78, 5) is 38.6. The van der Waals surface area contributed by atoms with Gasteiger partial charge in [0.25, 0.3) is 0 Å². The molecule has 0 radical (unpaired) electrons. The molecule has 1 amide bonds. The Kier molecular flexibility index (Phi) is 4.49. The highest BCUT2D eigenvalue weighted by atomic mass is 16.5. The lowest BCUT2D eigenvalue weighted by atomic mass is 9.67. The van der Waals surface area contributed by atoms with Crippen molar-refractivity contribution in [3.05, 3.63) is 65.3 Å². The Bertz CT molecular complexity index is 930. The summed E-state index contributed by atoms with van der Waals surface area (Å²) in [5.74, 6) is -2.60. The molecule has 2 aliphatic rings. The standard InChI is InChI=1S/C19H18N2O6/c1-4-9-26-17(23)14-15(20)27-10(2)13(16(22)25-3)19(14)11-7-5-6-8-12(11)21-18(19)24/h4-8H,1,9,20H2,2-3H3,(H,21,24)/t19-/m1/s1. The normalized spacial score (nSPS) is 20.7. The van der Waals surface area contributed by atoms with Crippen molar-refractivity contribution in [2.45, 2.75) is 12.3 Å². The predicted molar refractivity (Wildman–Crippen MR) is 94.9 cm³/mol. The number of carbonyl (C=O) groups excluding carboxylic acids is 3. The molecule has 2 heterocycles. The average Bonchev–Trinajstić information content (AvgIpc) is 2.92. The first kappa shape index (κ1) is 18.2. The molecule has 0 saturated carbocycles. The van der Waals surface area contributed by atoms with E-state index in [2.05, 4.69) is 11.9 Å². The van der Waals surface area contributed by atoms with Gasteiger partial charge in [-0.3, -0.25) is 4.79 Å². The Hall–Kier alpha value is -3.55. The minimum absolute atomic E-state index is 0.0615. The number of esters is 2. The SMILES string of the molecule is C=CCOC(=O)C1=C(N)OC(C)=C(C(=O)OC)[C@@]12C(=O)Nc1ccccc12. The molecule has 27 heavy (non-hydrogen) atoms. The lowest BCUT2D eigenvalue weighted by Crippen LogP contribution is -2.48. The van der Waals surface area contributed by atoms with Crippen LogP contribution in [0.4, 0.5) is 5.69 Å². The zero-order valence-corrected chi connectivity index (χ0v) is 14.8. The second-order valence-electron chi connectivity index (χ2n) is 5.90. The second kappa shape index (κ2) is 6.64. The Morgan fingerprint density at radius 1 is 1.30 bits per heavy atom. The number of allylic oxidation sites excluding steroid dienone is 1. The molecular formula is C19H18N2O6. The van der Waals surface area contributed by atoms with E-state index in [1.54, 1.807) is 24.3 Å². The number of methoxy groups -OCH3 is 1. The van der Waals surface area contributed by atoms with Crippen molar-refractivity contribution in [3.63, 3.8) is 0 Å². The van der Waals surface area contributed by atoms with Crippen LogP contribution in [-0.2, 0) is 34.0 Å². The summed E-state index contributed by atoms with van der Waals surface area (Å²) in [5.41, 5.74) is 4.56. The number of hydrogen-bond donors (Lipinski definition) is 2. The molecule has 1 spiro atoms. The number of nitrogens with two attached hydrogens (primary N) is 1. The van der Waals surface area contributed by atoms with Gasteiger partial charge < -0.3 is 25.3 Å². The maximum absolute atomic E-state index is 13.2. The third-order valence-electron chi connectivity index (χ3n) is 4.46. The molecule has 140 valence electrons. The van der Waals surface area contributed by atoms with Crippen molar-refractivity contribution in [2.24, 2.45) is 5.73 Å². The molecule has 1 aromatic rings. The van der Waals surface area contributed by atoms with Gasteiger partial charge >= 0.3 is 11.9 Å². The summed E-state index contributed by atoms with van der Waals surface area (Å²) in [6.07, 6.45) is 1.37. The van der Waals surface area contributed by atoms with E-state index in [4.69, 9.17) is 19.9 Å². The molecule has 3 N–H and O–H groups in total. The highest BCUT2D eigenvalue weighted by molar-refractivity contribution is 6.21. The van der Waals surface area contributed by atoms with Crippen LogP contribution in [0.25, 0.3) is 0 Å². The summed E-state index contributed by atoms with van der Waals surface area (Å²) >= 11 is 0. The quantitative estimate of drug-likeness (QED) is 0.605. The smallest absolute Gasteiger partial charge is 0.341 e. The van der Waals surface area contributed by atoms with Crippen molar-refractivity contribution in [1.82, 2.24) is 0 Å². The van der Waals surface area contributed by atoms with E-state index >= 15 is 0 Å². The summed E-state index contributed by atoms with van der Waals surface area (Å²) in [6.45, 7) is 4.85. The van der Waals surface area contributed by atoms with Gasteiger partial charge in [0.1, 0.15) is 28.9 Å². The number of hydrogen-bond acceptors (Lipinski definition) is 7. The van der Waals surface area contributed by atoms with Crippen molar-refractivity contribution >= 4 is 23.5 Å². The monoisotopic (exact) mass is 370 g/mol. The molecule has 8 nitrogen and oxygen atoms in total. The summed E-state index contributed by atoms with van der Waals surface area (Å²) < 4.78 is 15.4. The van der Waals surface area contributed by atoms with Crippen molar-refractivity contribution < 1.29 is 28.6 Å². The van der Waals surface area contributed by atoms with Crippen LogP contribution >= 0.6 is 0 Å². The molecular weight excluding hydrogens is 352 g/mol. The number of rotatable bonds is 4. The van der Waals surface area contributed by atoms with Crippen molar-refractivity contribution in [3.8, 4) is 0 Å². The van der Waals surface area contributed by atoms with Gasteiger partial charge in [-0.25, -0.2) is 9.59 Å². The molecule has 2 aliphatic heterocycles. The lowest BCUT2D eigenvalue weighted by molar-refractivity contribution is -0.141. The number of ether oxygens (including phenoxy) is 3. The zero-order valence-electron chi connectivity index (χ0n) is 14.8. The topological polar surface area (TPSA) is 117 Å². The second-order valence-corrected chi connectivity index (χ2v) is 5.90. The van der Waals surface area contributed by atoms with E-state index in [1.807, 2.05) is 0 Å². The Morgan fingerprint density at radius 2 is 2.00 bits per heavy atom. The van der Waals surface area contributed by atoms with Crippen LogP contribution < -0.4 is 11.1 Å². The van der Waals surface area contributed by atoms with Crippen LogP contribution in [0.15, 0.2) is 59.7 Å². The number of anilines is 1. The van der Waals surface area contributed by atoms with E-state index < -0.39 is 23.3 Å². The molecule has 0 saturated heterocycles. The van der Waals surface area contributed by atoms with Crippen LogP contribution in [0.3, 0.4) is 0 Å². The summed E-state index contributed by atoms with van der Waals surface area (Å²) in [7, 11) is 1.17. The minimum Gasteiger partial charge on any atom is -0.466 e. The van der Waals surface area contributed by atoms with E-state index in [1.165, 1.54) is 20.1 Å². The van der Waals surface area contributed by atoms with E-state index in [0.717, 1.165) is 0 Å². The maximum Gasteiger partial charge on any atom is 0.341 e. The summed E-state index contributed by atoms with van der Waals surface area (Å²) in [6, 6.07) is 6.69. The number of para-hydroxylation sites is 1. The third-order valence-corrected chi connectivity index (χ3v) is 4.46. The highest BCUT2D eigenvalue weighted by Gasteiger charge is 2.61. The van der Waals surface area contributed by atoms with Crippen LogP contribution in [0, 0.1) is 0 Å². The Balaban J connectivity index is 2.36. The third kappa shape index (κ3) is 2.49. The minimum atomic E-state index is -1.84. The molecule has 0 aromatic heterocycles. The van der Waals surface area contributed by atoms with Crippen LogP contribution in [-0.4, -0.2) is 31.6 Å². The van der Waals surface area contributed by atoms with Gasteiger partial charge in [-0.2, -0.15) is 0 Å². The fourth-order valence-electron chi connectivity index (χ4n) is 3.45. The predicted octanol–water partition coefficient (Wildman–Crippen LogP) is 1.25. The molecule has 8 heteroatoms. The van der Waals surface area contributed by atoms with Gasteiger partial charge in [-0.05, 0) is 13.0 Å². The molecule has 0 aliphatic carbocycles. The zero-order chi connectivity index (χ0) is 19.8. The molecule has 3 rings (SSSR count). The molecule has 1 aromatic carbocycles. The van der Waals surface area contributed by atoms with Gasteiger partial charge in [0.2, 0.25) is 11.8 Å². The van der Waals surface area contributed by atoms with E-state index in [0.29, 0.717) is 11.3 Å². The number of benzene rings is 1. The van der Waals surface area contributed by atoms with E-state index in [9.17, 15) is 14.4 Å². The number of carbonyl (C=O) groups is 3. The number of amides is 1. The Labute approximate surface area is 155 Å². The van der Waals surface area contributed by atoms with Gasteiger partial charge in [0.15, 0.2) is 0 Å². The first-order valence-corrected chi connectivity index (χ1v) is 8.06. The first-order chi connectivity index (χ1) is 12.9. The first-order valence-electron chi connectivity index (χ1n) is 8.06. The van der Waals surface area contributed by atoms with Gasteiger partial charge in [-0.15, -0.1) is 0 Å². The molecule has 0 bridgehead atoms. The Morgan fingerprint density at radius 3 is 2.67 bits per heavy atom. The number of nitrogens with one attached hydrogen (secondary N) is 1. The van der Waals surface area contributed by atoms with Crippen LogP contribution in [0.5, 0.6) is 0 Å². The fourth-order valence-corrected chi connectivity index (χ4v) is 3.45.